The number of hydrogen-bond donors (Lipinski definition) is 1. The molecule has 1 atom stereocenters. The van der Waals surface area contributed by atoms with E-state index in [4.69, 9.17) is 10.5 Å². The first-order valence-corrected chi connectivity index (χ1v) is 7.05. The molecule has 0 spiro atoms. The van der Waals surface area contributed by atoms with Crippen LogP contribution in [0.4, 0.5) is 5.69 Å². The van der Waals surface area contributed by atoms with E-state index in [9.17, 15) is 0 Å². The first-order valence-electron chi connectivity index (χ1n) is 7.05. The Balaban J connectivity index is 1.99. The highest BCUT2D eigenvalue weighted by molar-refractivity contribution is 5.51. The van der Waals surface area contributed by atoms with Gasteiger partial charge in [-0.05, 0) is 35.9 Å². The molecule has 1 saturated heterocycles. The summed E-state index contributed by atoms with van der Waals surface area (Å²) in [5.41, 5.74) is 8.53. The largest absolute Gasteiger partial charge is 0.497 e. The van der Waals surface area contributed by atoms with Crippen LogP contribution in [0.3, 0.4) is 0 Å². The average molecular weight is 262 g/mol. The Kier molecular flexibility index (Phi) is 4.04. The smallest absolute Gasteiger partial charge is 0.120 e. The van der Waals surface area contributed by atoms with Crippen molar-refractivity contribution in [2.24, 2.45) is 11.3 Å². The Morgan fingerprint density at radius 2 is 2.11 bits per heavy atom. The Labute approximate surface area is 116 Å². The highest BCUT2D eigenvalue weighted by atomic mass is 16.5. The number of rotatable bonds is 3. The van der Waals surface area contributed by atoms with E-state index in [1.54, 1.807) is 7.11 Å². The summed E-state index contributed by atoms with van der Waals surface area (Å²) < 4.78 is 5.19. The zero-order valence-corrected chi connectivity index (χ0v) is 12.6. The number of hydrogen-bond acceptors (Lipinski definition) is 3. The quantitative estimate of drug-likeness (QED) is 0.850. The number of methoxy groups -OCH3 is 1. The molecule has 2 N–H and O–H groups in total. The Morgan fingerprint density at radius 3 is 2.63 bits per heavy atom. The third kappa shape index (κ3) is 3.41. The van der Waals surface area contributed by atoms with Crippen molar-refractivity contribution in [2.75, 3.05) is 25.9 Å². The molecule has 0 saturated carbocycles. The summed E-state index contributed by atoms with van der Waals surface area (Å²) in [4.78, 5) is 2.51. The monoisotopic (exact) mass is 262 g/mol. The average Bonchev–Trinajstić information content (AvgIpc) is 2.80. The zero-order valence-electron chi connectivity index (χ0n) is 12.6. The fourth-order valence-electron chi connectivity index (χ4n) is 2.77. The van der Waals surface area contributed by atoms with Gasteiger partial charge in [0.2, 0.25) is 0 Å². The standard InChI is InChI=1S/C16H26N2O/c1-16(2,3)13-7-8-18(11-13)10-12-5-6-14(19-4)9-15(12)17/h5-6,9,13H,7-8,10-11,17H2,1-4H3. The van der Waals surface area contributed by atoms with Crippen LogP contribution >= 0.6 is 0 Å². The van der Waals surface area contributed by atoms with Crippen LogP contribution < -0.4 is 10.5 Å². The molecule has 1 aromatic rings. The van der Waals surface area contributed by atoms with Gasteiger partial charge in [0.25, 0.3) is 0 Å². The molecular weight excluding hydrogens is 236 g/mol. The van der Waals surface area contributed by atoms with E-state index in [1.807, 2.05) is 12.1 Å². The molecule has 2 rings (SSSR count). The molecule has 106 valence electrons. The molecule has 0 aromatic heterocycles. The van der Waals surface area contributed by atoms with Gasteiger partial charge < -0.3 is 10.5 Å². The van der Waals surface area contributed by atoms with Crippen molar-refractivity contribution in [1.82, 2.24) is 4.90 Å². The van der Waals surface area contributed by atoms with Gasteiger partial charge in [0.05, 0.1) is 7.11 Å². The van der Waals surface area contributed by atoms with Crippen LogP contribution in [-0.4, -0.2) is 25.1 Å². The lowest BCUT2D eigenvalue weighted by Crippen LogP contribution is -2.26. The third-order valence-electron chi connectivity index (χ3n) is 4.24. The molecule has 1 heterocycles. The maximum absolute atomic E-state index is 6.09. The van der Waals surface area contributed by atoms with Gasteiger partial charge in [-0.3, -0.25) is 4.90 Å². The lowest BCUT2D eigenvalue weighted by atomic mass is 9.80. The number of likely N-dealkylation sites (tertiary alicyclic amines) is 1. The van der Waals surface area contributed by atoms with Gasteiger partial charge in [-0.2, -0.15) is 0 Å². The summed E-state index contributed by atoms with van der Waals surface area (Å²) in [5.74, 6) is 1.61. The fourth-order valence-corrected chi connectivity index (χ4v) is 2.77. The SMILES string of the molecule is COc1ccc(CN2CCC(C(C)(C)C)C2)c(N)c1. The van der Waals surface area contributed by atoms with Crippen molar-refractivity contribution in [2.45, 2.75) is 33.7 Å². The Bertz CT molecular complexity index is 437. The Morgan fingerprint density at radius 1 is 1.37 bits per heavy atom. The van der Waals surface area contributed by atoms with Crippen LogP contribution in [0, 0.1) is 11.3 Å². The van der Waals surface area contributed by atoms with Gasteiger partial charge in [-0.1, -0.05) is 26.8 Å². The lowest BCUT2D eigenvalue weighted by Gasteiger charge is -2.27. The van der Waals surface area contributed by atoms with Gasteiger partial charge >= 0.3 is 0 Å². The number of ether oxygens (including phenoxy) is 1. The van der Waals surface area contributed by atoms with Crippen molar-refractivity contribution >= 4 is 5.69 Å². The maximum Gasteiger partial charge on any atom is 0.120 e. The fraction of sp³-hybridized carbons (Fsp3) is 0.625. The molecule has 3 heteroatoms. The van der Waals surface area contributed by atoms with E-state index < -0.39 is 0 Å². The zero-order chi connectivity index (χ0) is 14.0. The van der Waals surface area contributed by atoms with Crippen LogP contribution in [0.25, 0.3) is 0 Å². The second-order valence-electron chi connectivity index (χ2n) is 6.65. The predicted octanol–water partition coefficient (Wildman–Crippen LogP) is 3.15. The number of nitrogens with zero attached hydrogens (tertiary/aromatic N) is 1. The van der Waals surface area contributed by atoms with Crippen LogP contribution in [0.2, 0.25) is 0 Å². The summed E-state index contributed by atoms with van der Waals surface area (Å²) >= 11 is 0. The van der Waals surface area contributed by atoms with Crippen LogP contribution in [0.1, 0.15) is 32.8 Å². The second kappa shape index (κ2) is 5.41. The first-order chi connectivity index (χ1) is 8.90. The molecule has 3 nitrogen and oxygen atoms in total. The minimum Gasteiger partial charge on any atom is -0.497 e. The molecule has 1 aliphatic heterocycles. The highest BCUT2D eigenvalue weighted by Gasteiger charge is 2.31. The first kappa shape index (κ1) is 14.2. The minimum absolute atomic E-state index is 0.403. The molecule has 1 fully saturated rings. The molecule has 0 bridgehead atoms. The number of anilines is 1. The van der Waals surface area contributed by atoms with Gasteiger partial charge in [0.15, 0.2) is 0 Å². The van der Waals surface area contributed by atoms with Crippen LogP contribution in [0.5, 0.6) is 5.75 Å². The molecule has 1 aliphatic rings. The molecular formula is C16H26N2O. The Hall–Kier alpha value is -1.22. The normalized spacial score (nSPS) is 20.7. The molecule has 19 heavy (non-hydrogen) atoms. The predicted molar refractivity (Wildman–Crippen MR) is 80.2 cm³/mol. The minimum atomic E-state index is 0.403. The van der Waals surface area contributed by atoms with E-state index >= 15 is 0 Å². The molecule has 0 radical (unpaired) electrons. The summed E-state index contributed by atoms with van der Waals surface area (Å²) in [5, 5.41) is 0. The van der Waals surface area contributed by atoms with Crippen molar-refractivity contribution < 1.29 is 4.74 Å². The van der Waals surface area contributed by atoms with Crippen LogP contribution in [0.15, 0.2) is 18.2 Å². The van der Waals surface area contributed by atoms with E-state index in [-0.39, 0.29) is 0 Å². The second-order valence-corrected chi connectivity index (χ2v) is 6.65. The highest BCUT2D eigenvalue weighted by Crippen LogP contribution is 2.34. The van der Waals surface area contributed by atoms with Crippen molar-refractivity contribution in [3.8, 4) is 5.75 Å². The van der Waals surface area contributed by atoms with E-state index in [0.29, 0.717) is 5.41 Å². The number of nitrogens with two attached hydrogens (primary N) is 1. The van der Waals surface area contributed by atoms with Gasteiger partial charge in [-0.25, -0.2) is 0 Å². The summed E-state index contributed by atoms with van der Waals surface area (Å²) in [6, 6.07) is 5.98. The van der Waals surface area contributed by atoms with E-state index in [0.717, 1.165) is 23.9 Å². The van der Waals surface area contributed by atoms with Crippen LogP contribution in [-0.2, 0) is 6.54 Å². The molecule has 1 unspecified atom stereocenters. The van der Waals surface area contributed by atoms with Gasteiger partial charge in [-0.15, -0.1) is 0 Å². The van der Waals surface area contributed by atoms with Gasteiger partial charge in [0.1, 0.15) is 5.75 Å². The lowest BCUT2D eigenvalue weighted by molar-refractivity contribution is 0.226. The van der Waals surface area contributed by atoms with Crippen molar-refractivity contribution in [3.63, 3.8) is 0 Å². The maximum atomic E-state index is 6.09. The number of nitrogen functional groups attached to an aromatic ring is 1. The topological polar surface area (TPSA) is 38.5 Å². The van der Waals surface area contributed by atoms with Gasteiger partial charge in [0, 0.05) is 24.8 Å². The number of benzene rings is 1. The molecule has 1 aromatic carbocycles. The van der Waals surface area contributed by atoms with Crippen molar-refractivity contribution in [3.05, 3.63) is 23.8 Å². The summed E-state index contributed by atoms with van der Waals surface area (Å²) in [6.07, 6.45) is 1.29. The van der Waals surface area contributed by atoms with E-state index in [2.05, 4.69) is 31.7 Å². The van der Waals surface area contributed by atoms with Crippen molar-refractivity contribution in [1.29, 1.82) is 0 Å². The third-order valence-corrected chi connectivity index (χ3v) is 4.24. The molecule has 0 amide bonds. The summed E-state index contributed by atoms with van der Waals surface area (Å²) in [6.45, 7) is 10.3. The van der Waals surface area contributed by atoms with E-state index in [1.165, 1.54) is 25.1 Å². The summed E-state index contributed by atoms with van der Waals surface area (Å²) in [7, 11) is 1.67. The molecule has 0 aliphatic carbocycles.